The van der Waals surface area contributed by atoms with Crippen LogP contribution in [0.3, 0.4) is 0 Å². The highest BCUT2D eigenvalue weighted by Gasteiger charge is 2.46. The molecule has 58 heavy (non-hydrogen) atoms. The van der Waals surface area contributed by atoms with Crippen LogP contribution in [0.1, 0.15) is 99.6 Å². The van der Waals surface area contributed by atoms with E-state index in [1.807, 2.05) is 0 Å². The SMILES string of the molecule is COc1ccc2c3c(c4c(c2c1)OC(C1=CC=C(CC2CCCOCC2)CC1)(c1ccc2c(c1)C(C)(C)c1cc5ccccc5cc1-2)C=C4)C(C)(C)c1ccccc1-3. The monoisotopic (exact) mass is 760 g/mol. The highest BCUT2D eigenvalue weighted by molar-refractivity contribution is 6.09. The third-order valence-corrected chi connectivity index (χ3v) is 14.6. The minimum Gasteiger partial charge on any atom is -0.497 e. The Morgan fingerprint density at radius 2 is 1.50 bits per heavy atom. The third kappa shape index (κ3) is 5.21. The molecule has 3 aliphatic carbocycles. The largest absolute Gasteiger partial charge is 0.497 e. The first kappa shape index (κ1) is 35.8. The second kappa shape index (κ2) is 13.1. The van der Waals surface area contributed by atoms with Gasteiger partial charge in [-0.2, -0.15) is 0 Å². The van der Waals surface area contributed by atoms with Crippen molar-refractivity contribution in [2.75, 3.05) is 20.3 Å². The van der Waals surface area contributed by atoms with Crippen molar-refractivity contribution in [3.05, 3.63) is 160 Å². The zero-order chi connectivity index (χ0) is 39.4. The number of hydrogen-bond acceptors (Lipinski definition) is 3. The number of methoxy groups -OCH3 is 1. The molecule has 11 rings (SSSR count). The van der Waals surface area contributed by atoms with Crippen LogP contribution in [0.25, 0.3) is 49.9 Å². The zero-order valence-corrected chi connectivity index (χ0v) is 34.5. The lowest BCUT2D eigenvalue weighted by molar-refractivity contribution is 0.141. The van der Waals surface area contributed by atoms with E-state index in [0.29, 0.717) is 5.92 Å². The minimum absolute atomic E-state index is 0.171. The van der Waals surface area contributed by atoms with E-state index >= 15 is 0 Å². The highest BCUT2D eigenvalue weighted by atomic mass is 16.5. The predicted octanol–water partition coefficient (Wildman–Crippen LogP) is 13.8. The molecule has 2 unspecified atom stereocenters. The van der Waals surface area contributed by atoms with Gasteiger partial charge in [0.25, 0.3) is 0 Å². The fourth-order valence-corrected chi connectivity index (χ4v) is 11.4. The lowest BCUT2D eigenvalue weighted by atomic mass is 9.74. The summed E-state index contributed by atoms with van der Waals surface area (Å²) in [7, 11) is 1.76. The van der Waals surface area contributed by atoms with E-state index in [1.54, 1.807) is 12.7 Å². The standard InChI is InChI=1S/C55H52O3/c1-53(2)48-31-37-13-7-6-12-36(37)30-45(48)41-22-20-39(32-49(41)53)55(38-18-16-35(17-19-38)29-34-11-10-27-57-28-25-34)26-24-44-51-50(43-14-8-9-15-47(43)54(51,3)4)42-23-21-40(56-5)33-46(42)52(44)58-55/h6-9,12-16,18,20-24,26,30-34H,10-11,17,19,25,27-29H2,1-5H3. The molecule has 1 saturated heterocycles. The Balaban J connectivity index is 1.11. The Bertz CT molecular complexity index is 2780. The van der Waals surface area contributed by atoms with Gasteiger partial charge in [0, 0.05) is 40.6 Å². The van der Waals surface area contributed by atoms with Crippen molar-refractivity contribution < 1.29 is 14.2 Å². The summed E-state index contributed by atoms with van der Waals surface area (Å²) in [6.07, 6.45) is 16.4. The fourth-order valence-electron chi connectivity index (χ4n) is 11.4. The van der Waals surface area contributed by atoms with Crippen molar-refractivity contribution >= 4 is 27.6 Å². The number of allylic oxidation sites excluding steroid dienone is 3. The first-order chi connectivity index (χ1) is 28.2. The maximum Gasteiger partial charge on any atom is 0.174 e. The van der Waals surface area contributed by atoms with Gasteiger partial charge in [-0.25, -0.2) is 0 Å². The Kier molecular flexibility index (Phi) is 8.05. The van der Waals surface area contributed by atoms with E-state index in [4.69, 9.17) is 14.2 Å². The molecule has 3 heteroatoms. The summed E-state index contributed by atoms with van der Waals surface area (Å²) >= 11 is 0. The topological polar surface area (TPSA) is 27.7 Å². The summed E-state index contributed by atoms with van der Waals surface area (Å²) in [4.78, 5) is 0. The lowest BCUT2D eigenvalue weighted by Gasteiger charge is -2.41. The van der Waals surface area contributed by atoms with Gasteiger partial charge in [-0.05, 0) is 153 Å². The summed E-state index contributed by atoms with van der Waals surface area (Å²) in [5.41, 5.74) is 14.8. The molecule has 0 saturated carbocycles. The van der Waals surface area contributed by atoms with Crippen molar-refractivity contribution in [1.29, 1.82) is 0 Å². The smallest absolute Gasteiger partial charge is 0.174 e. The minimum atomic E-state index is -0.796. The molecule has 0 spiro atoms. The second-order valence-electron chi connectivity index (χ2n) is 18.5. The van der Waals surface area contributed by atoms with Crippen LogP contribution in [0.15, 0.2) is 126 Å². The maximum absolute atomic E-state index is 7.89. The fraction of sp³-hybridized carbons (Fsp3) is 0.309. The van der Waals surface area contributed by atoms with Gasteiger partial charge in [-0.1, -0.05) is 112 Å². The van der Waals surface area contributed by atoms with Crippen molar-refractivity contribution in [3.63, 3.8) is 0 Å². The number of fused-ring (bicyclic) bond motifs is 12. The molecule has 0 amide bonds. The first-order valence-corrected chi connectivity index (χ1v) is 21.5. The number of rotatable bonds is 5. The average Bonchev–Trinajstić information content (AvgIpc) is 3.44. The molecule has 5 aliphatic rings. The van der Waals surface area contributed by atoms with Crippen LogP contribution in [0.2, 0.25) is 0 Å². The van der Waals surface area contributed by atoms with Gasteiger partial charge in [0.2, 0.25) is 0 Å². The Hall–Kier alpha value is -5.38. The highest BCUT2D eigenvalue weighted by Crippen LogP contribution is 2.59. The lowest BCUT2D eigenvalue weighted by Crippen LogP contribution is -2.37. The van der Waals surface area contributed by atoms with E-state index in [1.165, 1.54) is 90.2 Å². The number of ether oxygens (including phenoxy) is 3. The Morgan fingerprint density at radius 1 is 0.690 bits per heavy atom. The predicted molar refractivity (Wildman–Crippen MR) is 239 cm³/mol. The van der Waals surface area contributed by atoms with Crippen LogP contribution < -0.4 is 9.47 Å². The van der Waals surface area contributed by atoms with Gasteiger partial charge in [0.05, 0.1) is 7.11 Å². The van der Waals surface area contributed by atoms with Crippen LogP contribution in [-0.4, -0.2) is 20.3 Å². The number of benzene rings is 6. The third-order valence-electron chi connectivity index (χ3n) is 14.6. The van der Waals surface area contributed by atoms with Gasteiger partial charge < -0.3 is 14.2 Å². The molecule has 0 N–H and O–H groups in total. The maximum atomic E-state index is 7.89. The van der Waals surface area contributed by atoms with E-state index in [0.717, 1.165) is 55.8 Å². The molecular formula is C55H52O3. The van der Waals surface area contributed by atoms with Crippen LogP contribution in [-0.2, 0) is 21.2 Å². The molecule has 2 atom stereocenters. The summed E-state index contributed by atoms with van der Waals surface area (Å²) in [6, 6.07) is 36.3. The van der Waals surface area contributed by atoms with Gasteiger partial charge in [-0.15, -0.1) is 0 Å². The van der Waals surface area contributed by atoms with E-state index < -0.39 is 5.60 Å². The second-order valence-corrected chi connectivity index (χ2v) is 18.5. The summed E-state index contributed by atoms with van der Waals surface area (Å²) in [5, 5.41) is 4.88. The molecule has 0 radical (unpaired) electrons. The molecule has 0 bridgehead atoms. The van der Waals surface area contributed by atoms with E-state index in [9.17, 15) is 0 Å². The van der Waals surface area contributed by atoms with Gasteiger partial charge in [0.1, 0.15) is 11.5 Å². The molecule has 6 aromatic carbocycles. The quantitative estimate of drug-likeness (QED) is 0.175. The van der Waals surface area contributed by atoms with Gasteiger partial charge in [-0.3, -0.25) is 0 Å². The Morgan fingerprint density at radius 3 is 2.33 bits per heavy atom. The molecule has 0 aromatic heterocycles. The zero-order valence-electron chi connectivity index (χ0n) is 34.5. The van der Waals surface area contributed by atoms with Gasteiger partial charge >= 0.3 is 0 Å². The van der Waals surface area contributed by atoms with Gasteiger partial charge in [0.15, 0.2) is 5.60 Å². The van der Waals surface area contributed by atoms with Crippen molar-refractivity contribution in [2.45, 2.75) is 82.7 Å². The number of hydrogen-bond donors (Lipinski definition) is 0. The van der Waals surface area contributed by atoms with Crippen LogP contribution >= 0.6 is 0 Å². The molecule has 2 aliphatic heterocycles. The first-order valence-electron chi connectivity index (χ1n) is 21.5. The molecule has 6 aromatic rings. The van der Waals surface area contributed by atoms with Crippen molar-refractivity contribution in [1.82, 2.24) is 0 Å². The van der Waals surface area contributed by atoms with Crippen LogP contribution in [0.5, 0.6) is 11.5 Å². The molecule has 1 fully saturated rings. The van der Waals surface area contributed by atoms with E-state index in [2.05, 4.69) is 149 Å². The Labute approximate surface area is 343 Å². The van der Waals surface area contributed by atoms with Crippen LogP contribution in [0, 0.1) is 5.92 Å². The van der Waals surface area contributed by atoms with Crippen LogP contribution in [0.4, 0.5) is 0 Å². The average molecular weight is 761 g/mol. The molecular weight excluding hydrogens is 709 g/mol. The molecule has 290 valence electrons. The summed E-state index contributed by atoms with van der Waals surface area (Å²) in [5.74, 6) is 2.48. The molecule has 3 nitrogen and oxygen atoms in total. The van der Waals surface area contributed by atoms with Crippen molar-refractivity contribution in [3.8, 4) is 33.8 Å². The van der Waals surface area contributed by atoms with E-state index in [-0.39, 0.29) is 10.8 Å². The summed E-state index contributed by atoms with van der Waals surface area (Å²) < 4.78 is 19.6. The normalized spacial score (nSPS) is 22.2. The summed E-state index contributed by atoms with van der Waals surface area (Å²) in [6.45, 7) is 11.3. The van der Waals surface area contributed by atoms with Crippen molar-refractivity contribution in [2.24, 2.45) is 5.92 Å². The molecule has 2 heterocycles.